The van der Waals surface area contributed by atoms with Crippen molar-refractivity contribution in [3.8, 4) is 0 Å². The van der Waals surface area contributed by atoms with Crippen LogP contribution < -0.4 is 15.7 Å². The highest BCUT2D eigenvalue weighted by Gasteiger charge is 2.20. The Morgan fingerprint density at radius 2 is 1.70 bits per heavy atom. The number of halogens is 2. The third-order valence-corrected chi connectivity index (χ3v) is 5.88. The lowest BCUT2D eigenvalue weighted by Gasteiger charge is -2.09. The quantitative estimate of drug-likeness (QED) is 0.672. The van der Waals surface area contributed by atoms with Crippen molar-refractivity contribution >= 4 is 49.4 Å². The zero-order valence-electron chi connectivity index (χ0n) is 13.1. The maximum atomic E-state index is 12.4. The lowest BCUT2D eigenvalue weighted by molar-refractivity contribution is 0.577. The molecule has 0 bridgehead atoms. The van der Waals surface area contributed by atoms with Crippen molar-refractivity contribution in [1.82, 2.24) is 19.2 Å². The first-order valence-electron chi connectivity index (χ1n) is 6.85. The fraction of sp³-hybridized carbons (Fsp3) is 0.462. The van der Waals surface area contributed by atoms with E-state index in [2.05, 4.69) is 26.0 Å². The van der Waals surface area contributed by atoms with E-state index in [0.717, 1.165) is 6.54 Å². The first-order chi connectivity index (χ1) is 10.3. The summed E-state index contributed by atoms with van der Waals surface area (Å²) in [4.78, 5) is 12.1. The molecule has 0 aliphatic rings. The van der Waals surface area contributed by atoms with Crippen molar-refractivity contribution in [2.75, 3.05) is 19.6 Å². The average Bonchev–Trinajstić information content (AvgIpc) is 2.67. The Labute approximate surface area is 149 Å². The minimum atomic E-state index is -3.64. The van der Waals surface area contributed by atoms with E-state index < -0.39 is 10.0 Å². The molecule has 0 radical (unpaired) electrons. The summed E-state index contributed by atoms with van der Waals surface area (Å²) in [7, 11) is -0.373. The number of sulfonamides is 1. The Hall–Kier alpha value is -0.870. The molecule has 23 heavy (non-hydrogen) atoms. The van der Waals surface area contributed by atoms with E-state index in [-0.39, 0.29) is 23.0 Å². The summed E-state index contributed by atoms with van der Waals surface area (Å²) in [5, 5.41) is 3.05. The molecule has 0 fully saturated rings. The highest BCUT2D eigenvalue weighted by molar-refractivity contribution is 9.10. The zero-order valence-corrected chi connectivity index (χ0v) is 16.3. The van der Waals surface area contributed by atoms with Crippen LogP contribution in [0.25, 0.3) is 11.0 Å². The number of aryl methyl sites for hydroxylation is 2. The Kier molecular flexibility index (Phi) is 6.84. The fourth-order valence-corrected chi connectivity index (χ4v) is 4.31. The normalized spacial score (nSPS) is 11.7. The van der Waals surface area contributed by atoms with Gasteiger partial charge in [-0.15, -0.1) is 12.4 Å². The van der Waals surface area contributed by atoms with Crippen LogP contribution in [0.4, 0.5) is 0 Å². The van der Waals surface area contributed by atoms with Crippen molar-refractivity contribution in [1.29, 1.82) is 0 Å². The van der Waals surface area contributed by atoms with Crippen molar-refractivity contribution < 1.29 is 8.42 Å². The van der Waals surface area contributed by atoms with Gasteiger partial charge >= 0.3 is 5.69 Å². The molecule has 0 aliphatic heterocycles. The maximum absolute atomic E-state index is 12.4. The molecule has 1 aromatic carbocycles. The molecule has 130 valence electrons. The molecule has 0 unspecified atom stereocenters. The molecule has 0 aliphatic carbocycles. The summed E-state index contributed by atoms with van der Waals surface area (Å²) in [6, 6.07) is 3.16. The van der Waals surface area contributed by atoms with Crippen molar-refractivity contribution in [3.05, 3.63) is 27.1 Å². The van der Waals surface area contributed by atoms with E-state index in [0.29, 0.717) is 28.6 Å². The number of nitrogens with one attached hydrogen (secondary N) is 2. The van der Waals surface area contributed by atoms with Crippen LogP contribution in [0.15, 0.2) is 26.3 Å². The topological polar surface area (TPSA) is 85.1 Å². The molecule has 0 amide bonds. The van der Waals surface area contributed by atoms with Gasteiger partial charge in [-0.25, -0.2) is 17.9 Å². The second-order valence-electron chi connectivity index (χ2n) is 4.92. The van der Waals surface area contributed by atoms with Gasteiger partial charge in [0.25, 0.3) is 0 Å². The number of hydrogen-bond donors (Lipinski definition) is 2. The molecule has 1 aromatic heterocycles. The summed E-state index contributed by atoms with van der Waals surface area (Å²) < 4.78 is 30.7. The Bertz CT molecular complexity index is 860. The second kappa shape index (κ2) is 7.80. The molecule has 0 atom stereocenters. The molecular weight excluding hydrogens is 408 g/mol. The van der Waals surface area contributed by atoms with Crippen LogP contribution in [-0.4, -0.2) is 37.2 Å². The number of nitrogens with zero attached hydrogens (tertiary/aromatic N) is 2. The van der Waals surface area contributed by atoms with Crippen LogP contribution >= 0.6 is 28.3 Å². The van der Waals surface area contributed by atoms with Crippen LogP contribution in [0.3, 0.4) is 0 Å². The molecule has 1 heterocycles. The minimum absolute atomic E-state index is 0. The number of aromatic nitrogens is 2. The van der Waals surface area contributed by atoms with Gasteiger partial charge in [-0.3, -0.25) is 9.13 Å². The Balaban J connectivity index is 0.00000264. The van der Waals surface area contributed by atoms with Gasteiger partial charge < -0.3 is 5.32 Å². The number of rotatable bonds is 6. The number of hydrogen-bond acceptors (Lipinski definition) is 4. The molecule has 0 saturated heterocycles. The van der Waals surface area contributed by atoms with E-state index in [1.807, 2.05) is 6.92 Å². The van der Waals surface area contributed by atoms with Crippen LogP contribution in [0.1, 0.15) is 6.92 Å². The van der Waals surface area contributed by atoms with Gasteiger partial charge in [0.2, 0.25) is 10.0 Å². The summed E-state index contributed by atoms with van der Waals surface area (Å²) >= 11 is 3.28. The molecule has 10 heteroatoms. The highest BCUT2D eigenvalue weighted by Crippen LogP contribution is 2.27. The van der Waals surface area contributed by atoms with Crippen LogP contribution in [-0.2, 0) is 24.1 Å². The van der Waals surface area contributed by atoms with E-state index in [1.165, 1.54) is 15.2 Å². The molecule has 0 saturated carbocycles. The van der Waals surface area contributed by atoms with Crippen molar-refractivity contribution in [3.63, 3.8) is 0 Å². The predicted molar refractivity (Wildman–Crippen MR) is 96.8 cm³/mol. The lowest BCUT2D eigenvalue weighted by atomic mass is 10.3. The summed E-state index contributed by atoms with van der Waals surface area (Å²) in [6.07, 6.45) is 0. The number of imidazole rings is 1. The lowest BCUT2D eigenvalue weighted by Crippen LogP contribution is -2.32. The standard InChI is InChI=1S/C13H19BrN4O3S.ClH/c1-4-15-5-6-16-22(20,21)12-8-11-10(7-9(12)14)17(2)13(19)18(11)3;/h7-8,15-16H,4-6H2,1-3H3;1H. The number of fused-ring (bicyclic) bond motifs is 1. The first kappa shape index (κ1) is 20.2. The Morgan fingerprint density at radius 1 is 1.13 bits per heavy atom. The third-order valence-electron chi connectivity index (χ3n) is 3.46. The Morgan fingerprint density at radius 3 is 2.26 bits per heavy atom. The SMILES string of the molecule is CCNCCNS(=O)(=O)c1cc2c(cc1Br)n(C)c(=O)n2C.Cl. The van der Waals surface area contributed by atoms with Gasteiger partial charge in [-0.1, -0.05) is 6.92 Å². The monoisotopic (exact) mass is 426 g/mol. The average molecular weight is 428 g/mol. The second-order valence-corrected chi connectivity index (χ2v) is 7.51. The van der Waals surface area contributed by atoms with E-state index in [1.54, 1.807) is 20.2 Å². The smallest absolute Gasteiger partial charge is 0.316 e. The molecule has 2 aromatic rings. The van der Waals surface area contributed by atoms with Gasteiger partial charge in [0.1, 0.15) is 0 Å². The van der Waals surface area contributed by atoms with Crippen molar-refractivity contribution in [2.24, 2.45) is 14.1 Å². The summed E-state index contributed by atoms with van der Waals surface area (Å²) in [5.74, 6) is 0. The van der Waals surface area contributed by atoms with Crippen LogP contribution in [0.5, 0.6) is 0 Å². The summed E-state index contributed by atoms with van der Waals surface area (Å²) in [6.45, 7) is 3.59. The van der Waals surface area contributed by atoms with Crippen LogP contribution in [0, 0.1) is 0 Å². The molecule has 2 N–H and O–H groups in total. The van der Waals surface area contributed by atoms with Gasteiger partial charge in [0.15, 0.2) is 0 Å². The molecule has 7 nitrogen and oxygen atoms in total. The van der Waals surface area contributed by atoms with Gasteiger partial charge in [-0.05, 0) is 34.6 Å². The molecular formula is C13H20BrClN4O3S. The zero-order chi connectivity index (χ0) is 16.5. The number of likely N-dealkylation sites (N-methyl/N-ethyl adjacent to an activating group) is 1. The maximum Gasteiger partial charge on any atom is 0.328 e. The fourth-order valence-electron chi connectivity index (χ4n) is 2.23. The van der Waals surface area contributed by atoms with E-state index in [9.17, 15) is 13.2 Å². The van der Waals surface area contributed by atoms with E-state index >= 15 is 0 Å². The highest BCUT2D eigenvalue weighted by atomic mass is 79.9. The van der Waals surface area contributed by atoms with Gasteiger partial charge in [0, 0.05) is 31.7 Å². The largest absolute Gasteiger partial charge is 0.328 e. The molecule has 2 rings (SSSR count). The van der Waals surface area contributed by atoms with Crippen LogP contribution in [0.2, 0.25) is 0 Å². The predicted octanol–water partition coefficient (Wildman–Crippen LogP) is 0.949. The number of benzene rings is 1. The van der Waals surface area contributed by atoms with Crippen molar-refractivity contribution in [2.45, 2.75) is 11.8 Å². The van der Waals surface area contributed by atoms with Gasteiger partial charge in [0.05, 0.1) is 15.9 Å². The molecule has 0 spiro atoms. The minimum Gasteiger partial charge on any atom is -0.316 e. The first-order valence-corrected chi connectivity index (χ1v) is 9.12. The van der Waals surface area contributed by atoms with Gasteiger partial charge in [-0.2, -0.15) is 0 Å². The van der Waals surface area contributed by atoms with E-state index in [4.69, 9.17) is 0 Å². The third kappa shape index (κ3) is 3.97. The summed E-state index contributed by atoms with van der Waals surface area (Å²) in [5.41, 5.74) is 1.05.